The van der Waals surface area contributed by atoms with Crippen LogP contribution in [0.5, 0.6) is 5.75 Å². The van der Waals surface area contributed by atoms with Crippen LogP contribution in [0.25, 0.3) is 11.1 Å². The van der Waals surface area contributed by atoms with E-state index in [2.05, 4.69) is 9.88 Å². The molecule has 1 amide bonds. The molecule has 6 rings (SSSR count). The molecule has 3 aliphatic rings. The summed E-state index contributed by atoms with van der Waals surface area (Å²) >= 11 is 17.7. The minimum absolute atomic E-state index is 0.0928. The molecule has 3 fully saturated rings. The maximum atomic E-state index is 13.9. The summed E-state index contributed by atoms with van der Waals surface area (Å²) in [5, 5.41) is 15.0. The number of nitrogens with zero attached hydrogens (tertiary/aromatic N) is 1. The van der Waals surface area contributed by atoms with Crippen LogP contribution in [0.3, 0.4) is 0 Å². The van der Waals surface area contributed by atoms with Crippen molar-refractivity contribution in [2.24, 2.45) is 0 Å². The minimum Gasteiger partial charge on any atom is -0.484 e. The number of hydrogen-bond acceptors (Lipinski definition) is 3. The zero-order chi connectivity index (χ0) is 24.8. The number of aromatic nitrogens is 1. The smallest absolute Gasteiger partial charge is 0.258 e. The van der Waals surface area contributed by atoms with Crippen LogP contribution in [0.4, 0.5) is 4.39 Å². The Morgan fingerprint density at radius 2 is 1.77 bits per heavy atom. The molecular formula is C26H24Cl3FN2O3. The van der Waals surface area contributed by atoms with Crippen molar-refractivity contribution in [1.29, 1.82) is 0 Å². The molecule has 3 aromatic rings. The molecule has 0 aliphatic heterocycles. The topological polar surface area (TPSA) is 63.5 Å². The predicted molar refractivity (Wildman–Crippen MR) is 135 cm³/mol. The Hall–Kier alpha value is -2.25. The van der Waals surface area contributed by atoms with Gasteiger partial charge in [-0.15, -0.1) is 0 Å². The SMILES string of the molecule is O=C(COc1ccc(Cl)c(Cl)c1)NC12CCC(n3ccc(-c4ccc(Cl)c(F)c4)c3)(CC1)C[C@@H]2O. The average Bonchev–Trinajstić information content (AvgIpc) is 3.34. The Bertz CT molecular complexity index is 1270. The second-order valence-corrected chi connectivity index (χ2v) is 10.7. The Balaban J connectivity index is 1.24. The summed E-state index contributed by atoms with van der Waals surface area (Å²) < 4.78 is 21.6. The average molecular weight is 538 g/mol. The highest BCUT2D eigenvalue weighted by Gasteiger charge is 2.55. The zero-order valence-corrected chi connectivity index (χ0v) is 21.0. The van der Waals surface area contributed by atoms with Crippen molar-refractivity contribution < 1.29 is 19.0 Å². The molecule has 3 aliphatic carbocycles. The fraction of sp³-hybridized carbons (Fsp3) is 0.346. The third-order valence-corrected chi connectivity index (χ3v) is 8.47. The molecule has 2 N–H and O–H groups in total. The van der Waals surface area contributed by atoms with Gasteiger partial charge in [-0.05, 0) is 73.6 Å². The van der Waals surface area contributed by atoms with Crippen LogP contribution in [0, 0.1) is 5.82 Å². The lowest BCUT2D eigenvalue weighted by Gasteiger charge is -2.56. The highest BCUT2D eigenvalue weighted by Crippen LogP contribution is 2.51. The van der Waals surface area contributed by atoms with Crippen LogP contribution in [0.15, 0.2) is 54.9 Å². The fourth-order valence-corrected chi connectivity index (χ4v) is 5.80. The number of aliphatic hydroxyl groups excluding tert-OH is 1. The molecule has 1 aromatic heterocycles. The van der Waals surface area contributed by atoms with E-state index in [0.29, 0.717) is 35.1 Å². The number of ether oxygens (including phenoxy) is 1. The van der Waals surface area contributed by atoms with E-state index in [1.165, 1.54) is 6.07 Å². The van der Waals surface area contributed by atoms with Crippen molar-refractivity contribution in [2.45, 2.75) is 49.3 Å². The molecule has 35 heavy (non-hydrogen) atoms. The Morgan fingerprint density at radius 1 is 1.03 bits per heavy atom. The maximum absolute atomic E-state index is 13.9. The molecule has 5 nitrogen and oxygen atoms in total. The first-order valence-corrected chi connectivity index (χ1v) is 12.5. The first-order valence-electron chi connectivity index (χ1n) is 11.4. The van der Waals surface area contributed by atoms with Gasteiger partial charge in [0.2, 0.25) is 0 Å². The molecule has 1 atom stereocenters. The zero-order valence-electron chi connectivity index (χ0n) is 18.7. The van der Waals surface area contributed by atoms with E-state index in [0.717, 1.165) is 24.0 Å². The van der Waals surface area contributed by atoms with Crippen molar-refractivity contribution >= 4 is 40.7 Å². The molecule has 1 heterocycles. The third-order valence-electron chi connectivity index (χ3n) is 7.43. The molecular weight excluding hydrogens is 514 g/mol. The normalized spacial score (nSPS) is 25.5. The van der Waals surface area contributed by atoms with Crippen LogP contribution in [0.2, 0.25) is 15.1 Å². The van der Waals surface area contributed by atoms with Crippen molar-refractivity contribution in [2.75, 3.05) is 6.61 Å². The van der Waals surface area contributed by atoms with Gasteiger partial charge in [0.25, 0.3) is 5.91 Å². The van der Waals surface area contributed by atoms with Gasteiger partial charge >= 0.3 is 0 Å². The first kappa shape index (κ1) is 24.4. The van der Waals surface area contributed by atoms with Gasteiger partial charge in [0.15, 0.2) is 6.61 Å². The van der Waals surface area contributed by atoms with Crippen molar-refractivity contribution in [3.05, 3.63) is 75.7 Å². The summed E-state index contributed by atoms with van der Waals surface area (Å²) in [6.45, 7) is -0.184. The molecule has 0 radical (unpaired) electrons. The number of halogens is 4. The maximum Gasteiger partial charge on any atom is 0.258 e. The van der Waals surface area contributed by atoms with Gasteiger partial charge < -0.3 is 19.7 Å². The summed E-state index contributed by atoms with van der Waals surface area (Å²) in [5.74, 6) is -0.301. The molecule has 0 spiro atoms. The summed E-state index contributed by atoms with van der Waals surface area (Å²) in [5.41, 5.74) is 0.721. The fourth-order valence-electron chi connectivity index (χ4n) is 5.39. The quantitative estimate of drug-likeness (QED) is 0.392. The second-order valence-electron chi connectivity index (χ2n) is 9.45. The monoisotopic (exact) mass is 536 g/mol. The van der Waals surface area contributed by atoms with E-state index in [9.17, 15) is 14.3 Å². The van der Waals surface area contributed by atoms with Crippen molar-refractivity contribution in [1.82, 2.24) is 9.88 Å². The number of nitrogens with one attached hydrogen (secondary N) is 1. The molecule has 9 heteroatoms. The highest BCUT2D eigenvalue weighted by atomic mass is 35.5. The standard InChI is InChI=1S/C26H24Cl3FN2O3/c27-19-4-2-18(12-21(19)29)35-15-24(34)31-26-8-6-25(7-9-26,13-23(26)33)32-10-5-17(14-32)16-1-3-20(28)22(30)11-16/h1-5,10-12,14,23,33H,6-9,13,15H2,(H,31,34)/t23-,25?,26?/m0/s1. The van der Waals surface area contributed by atoms with Crippen molar-refractivity contribution in [3.8, 4) is 16.9 Å². The molecule has 184 valence electrons. The number of fused-ring (bicyclic) bond motifs is 3. The predicted octanol–water partition coefficient (Wildman–Crippen LogP) is 6.22. The summed E-state index contributed by atoms with van der Waals surface area (Å²) in [7, 11) is 0. The van der Waals surface area contributed by atoms with E-state index >= 15 is 0 Å². The number of benzene rings is 2. The number of aliphatic hydroxyl groups is 1. The second kappa shape index (κ2) is 9.32. The van der Waals surface area contributed by atoms with E-state index < -0.39 is 17.5 Å². The number of carbonyl (C=O) groups excluding carboxylic acids is 1. The molecule has 2 bridgehead atoms. The van der Waals surface area contributed by atoms with E-state index in [1.54, 1.807) is 30.3 Å². The van der Waals surface area contributed by atoms with Crippen LogP contribution in [-0.4, -0.2) is 33.8 Å². The Kier molecular flexibility index (Phi) is 6.51. The van der Waals surface area contributed by atoms with E-state index in [-0.39, 0.29) is 23.1 Å². The third kappa shape index (κ3) is 4.65. The van der Waals surface area contributed by atoms with Crippen LogP contribution >= 0.6 is 34.8 Å². The molecule has 2 aromatic carbocycles. The summed E-state index contributed by atoms with van der Waals surface area (Å²) in [4.78, 5) is 12.7. The Morgan fingerprint density at radius 3 is 2.46 bits per heavy atom. The first-order chi connectivity index (χ1) is 16.7. The lowest BCUT2D eigenvalue weighted by atomic mass is 9.59. The van der Waals surface area contributed by atoms with Crippen LogP contribution in [0.1, 0.15) is 32.1 Å². The number of rotatable bonds is 6. The highest BCUT2D eigenvalue weighted by molar-refractivity contribution is 6.42. The van der Waals surface area contributed by atoms with E-state index in [4.69, 9.17) is 39.5 Å². The molecule has 0 unspecified atom stereocenters. The molecule has 3 saturated carbocycles. The number of hydrogen-bond donors (Lipinski definition) is 2. The van der Waals surface area contributed by atoms with Crippen LogP contribution < -0.4 is 10.1 Å². The van der Waals surface area contributed by atoms with E-state index in [1.807, 2.05) is 18.5 Å². The van der Waals surface area contributed by atoms with Gasteiger partial charge in [0.1, 0.15) is 11.6 Å². The van der Waals surface area contributed by atoms with Gasteiger partial charge in [-0.1, -0.05) is 40.9 Å². The lowest BCUT2D eigenvalue weighted by molar-refractivity contribution is -0.134. The van der Waals surface area contributed by atoms with Crippen LogP contribution in [-0.2, 0) is 10.3 Å². The lowest BCUT2D eigenvalue weighted by Crippen LogP contribution is -2.67. The van der Waals surface area contributed by atoms with Gasteiger partial charge in [-0.3, -0.25) is 4.79 Å². The van der Waals surface area contributed by atoms with Gasteiger partial charge in [-0.2, -0.15) is 0 Å². The number of carbonyl (C=O) groups is 1. The van der Waals surface area contributed by atoms with Gasteiger partial charge in [0, 0.05) is 24.0 Å². The summed E-state index contributed by atoms with van der Waals surface area (Å²) in [6.07, 6.45) is 6.71. The van der Waals surface area contributed by atoms with Gasteiger partial charge in [-0.25, -0.2) is 4.39 Å². The minimum atomic E-state index is -0.697. The van der Waals surface area contributed by atoms with Gasteiger partial charge in [0.05, 0.1) is 26.7 Å². The number of amides is 1. The largest absolute Gasteiger partial charge is 0.484 e. The Labute approximate surface area is 217 Å². The summed E-state index contributed by atoms with van der Waals surface area (Å²) in [6, 6.07) is 11.5. The van der Waals surface area contributed by atoms with Crippen molar-refractivity contribution in [3.63, 3.8) is 0 Å². The molecule has 0 saturated heterocycles.